The number of phenols is 1. The van der Waals surface area contributed by atoms with Crippen LogP contribution < -0.4 is 10.2 Å². The molecule has 0 aliphatic carbocycles. The Morgan fingerprint density at radius 1 is 1.10 bits per heavy atom. The monoisotopic (exact) mass is 418 g/mol. The second kappa shape index (κ2) is 8.30. The molecular weight excluding hydrogens is 388 g/mol. The molecule has 1 aromatic heterocycles. The maximum Gasteiger partial charge on any atom is 0.151 e. The number of phenolic OH excluding ortho intramolecular Hbond substituents is 1. The molecule has 3 atom stereocenters. The third-order valence-corrected chi connectivity index (χ3v) is 6.77. The molecule has 7 nitrogen and oxygen atoms in total. The van der Waals surface area contributed by atoms with Gasteiger partial charge in [-0.1, -0.05) is 12.5 Å². The lowest BCUT2D eigenvalue weighted by molar-refractivity contribution is 0.219. The molecule has 0 spiro atoms. The predicted molar refractivity (Wildman–Crippen MR) is 123 cm³/mol. The summed E-state index contributed by atoms with van der Waals surface area (Å²) in [6, 6.07) is 11.3. The van der Waals surface area contributed by atoms with Gasteiger partial charge in [0.15, 0.2) is 5.82 Å². The topological polar surface area (TPSA) is 76.9 Å². The summed E-state index contributed by atoms with van der Waals surface area (Å²) >= 11 is 0. The fourth-order valence-corrected chi connectivity index (χ4v) is 4.98. The molecule has 162 valence electrons. The molecular formula is C24H30N6O. The van der Waals surface area contributed by atoms with Gasteiger partial charge in [-0.05, 0) is 56.0 Å². The highest BCUT2D eigenvalue weighted by Gasteiger charge is 2.33. The second-order valence-electron chi connectivity index (χ2n) is 8.99. The number of nitrogens with zero attached hydrogens (tertiary/aromatic N) is 5. The van der Waals surface area contributed by atoms with Crippen LogP contribution in [-0.2, 0) is 0 Å². The summed E-state index contributed by atoms with van der Waals surface area (Å²) in [5.74, 6) is 1.07. The molecule has 4 heterocycles. The van der Waals surface area contributed by atoms with E-state index < -0.39 is 0 Å². The molecule has 0 saturated carbocycles. The van der Waals surface area contributed by atoms with Crippen molar-refractivity contribution in [3.8, 4) is 17.0 Å². The Bertz CT molecular complexity index is 990. The zero-order valence-corrected chi connectivity index (χ0v) is 18.2. The van der Waals surface area contributed by atoms with Crippen molar-refractivity contribution in [2.45, 2.75) is 50.2 Å². The molecule has 0 radical (unpaired) electrons. The van der Waals surface area contributed by atoms with Crippen LogP contribution in [0.2, 0.25) is 0 Å². The minimum atomic E-state index is 0.189. The van der Waals surface area contributed by atoms with Gasteiger partial charge >= 0.3 is 0 Å². The minimum Gasteiger partial charge on any atom is -0.507 e. The van der Waals surface area contributed by atoms with E-state index in [9.17, 15) is 5.11 Å². The molecule has 1 aromatic carbocycles. The third kappa shape index (κ3) is 4.14. The van der Waals surface area contributed by atoms with Gasteiger partial charge < -0.3 is 20.2 Å². The number of allylic oxidation sites excluding steroid dienone is 1. The Morgan fingerprint density at radius 3 is 2.55 bits per heavy atom. The summed E-state index contributed by atoms with van der Waals surface area (Å²) in [5.41, 5.74) is 3.12. The number of hydrogen-bond acceptors (Lipinski definition) is 7. The summed E-state index contributed by atoms with van der Waals surface area (Å²) in [4.78, 5) is 8.80. The lowest BCUT2D eigenvalue weighted by atomic mass is 9.83. The Labute approximate surface area is 183 Å². The highest BCUT2D eigenvalue weighted by Crippen LogP contribution is 2.32. The normalized spacial score (nSPS) is 25.3. The number of aromatic nitrogens is 2. The number of rotatable bonds is 4. The number of aromatic hydroxyl groups is 1. The van der Waals surface area contributed by atoms with E-state index in [0.29, 0.717) is 36.1 Å². The van der Waals surface area contributed by atoms with Gasteiger partial charge in [0.05, 0.1) is 11.4 Å². The third-order valence-electron chi connectivity index (χ3n) is 6.77. The highest BCUT2D eigenvalue weighted by molar-refractivity contribution is 6.09. The number of piperidine rings is 2. The number of fused-ring (bicyclic) bond motifs is 2. The molecule has 2 fully saturated rings. The molecule has 2 aromatic rings. The summed E-state index contributed by atoms with van der Waals surface area (Å²) < 4.78 is 0. The van der Waals surface area contributed by atoms with Crippen LogP contribution in [-0.4, -0.2) is 64.8 Å². The summed E-state index contributed by atoms with van der Waals surface area (Å²) in [6.45, 7) is 0.618. The first-order chi connectivity index (χ1) is 15.1. The number of hydrogen-bond donors (Lipinski definition) is 2. The first kappa shape index (κ1) is 20.0. The minimum absolute atomic E-state index is 0.189. The first-order valence-corrected chi connectivity index (χ1v) is 11.2. The van der Waals surface area contributed by atoms with Crippen molar-refractivity contribution in [2.75, 3.05) is 25.7 Å². The van der Waals surface area contributed by atoms with E-state index in [-0.39, 0.29) is 5.75 Å². The fraction of sp³-hybridized carbons (Fsp3) is 0.458. The van der Waals surface area contributed by atoms with E-state index in [1.807, 2.05) is 48.5 Å². The van der Waals surface area contributed by atoms with Crippen LogP contribution in [0.1, 0.15) is 37.7 Å². The van der Waals surface area contributed by atoms with Gasteiger partial charge in [-0.2, -0.15) is 0 Å². The maximum absolute atomic E-state index is 10.6. The van der Waals surface area contributed by atoms with Crippen LogP contribution in [0.25, 0.3) is 11.3 Å². The van der Waals surface area contributed by atoms with Crippen LogP contribution in [0.15, 0.2) is 47.6 Å². The summed E-state index contributed by atoms with van der Waals surface area (Å²) in [7, 11) is 4.10. The van der Waals surface area contributed by atoms with Crippen LogP contribution in [0.5, 0.6) is 5.75 Å². The van der Waals surface area contributed by atoms with Gasteiger partial charge in [-0.25, -0.2) is 0 Å². The van der Waals surface area contributed by atoms with Crippen LogP contribution in [0, 0.1) is 0 Å². The van der Waals surface area contributed by atoms with Crippen molar-refractivity contribution in [3.63, 3.8) is 0 Å². The highest BCUT2D eigenvalue weighted by atomic mass is 16.3. The molecule has 2 saturated heterocycles. The largest absolute Gasteiger partial charge is 0.507 e. The first-order valence-electron chi connectivity index (χ1n) is 11.2. The molecule has 1 unspecified atom stereocenters. The van der Waals surface area contributed by atoms with E-state index in [2.05, 4.69) is 32.5 Å². The number of nitrogens with one attached hydrogen (secondary N) is 1. The number of anilines is 1. The average molecular weight is 419 g/mol. The van der Waals surface area contributed by atoms with Crippen molar-refractivity contribution in [2.24, 2.45) is 4.99 Å². The van der Waals surface area contributed by atoms with Gasteiger partial charge in [0.25, 0.3) is 0 Å². The Morgan fingerprint density at radius 2 is 1.90 bits per heavy atom. The van der Waals surface area contributed by atoms with E-state index in [4.69, 9.17) is 0 Å². The van der Waals surface area contributed by atoms with E-state index >= 15 is 0 Å². The van der Waals surface area contributed by atoms with Gasteiger partial charge in [-0.15, -0.1) is 10.2 Å². The number of aliphatic imine (C=N–C) groups is 1. The summed E-state index contributed by atoms with van der Waals surface area (Å²) in [6.07, 6.45) is 10.2. The van der Waals surface area contributed by atoms with E-state index in [0.717, 1.165) is 29.9 Å². The Balaban J connectivity index is 1.31. The van der Waals surface area contributed by atoms with Crippen molar-refractivity contribution in [1.82, 2.24) is 20.4 Å². The molecule has 2 bridgehead atoms. The van der Waals surface area contributed by atoms with Crippen molar-refractivity contribution in [1.29, 1.82) is 0 Å². The van der Waals surface area contributed by atoms with Gasteiger partial charge in [0.2, 0.25) is 0 Å². The van der Waals surface area contributed by atoms with Crippen molar-refractivity contribution in [3.05, 3.63) is 48.2 Å². The zero-order valence-electron chi connectivity index (χ0n) is 18.2. The predicted octanol–water partition coefficient (Wildman–Crippen LogP) is 3.16. The quantitative estimate of drug-likeness (QED) is 0.794. The number of benzene rings is 1. The zero-order chi connectivity index (χ0) is 21.4. The lowest BCUT2D eigenvalue weighted by Gasteiger charge is -2.43. The van der Waals surface area contributed by atoms with Gasteiger partial charge in [0.1, 0.15) is 12.4 Å². The molecule has 3 aliphatic heterocycles. The molecule has 3 aliphatic rings. The smallest absolute Gasteiger partial charge is 0.151 e. The van der Waals surface area contributed by atoms with Gasteiger partial charge in [-0.3, -0.25) is 4.99 Å². The second-order valence-corrected chi connectivity index (χ2v) is 8.99. The van der Waals surface area contributed by atoms with Crippen molar-refractivity contribution >= 4 is 11.5 Å². The Kier molecular flexibility index (Phi) is 5.36. The SMILES string of the molecule is CN1C=CC(c2ccc(-c3ccc(N(C)C4C[C@H]5CCC[C@@H](C4)N5)nn3)c(O)c2)=NC1. The standard InChI is InChI=1S/C24H30N6O/c1-29-11-10-21(25-15-29)16-6-7-20(23(31)12-16)22-8-9-24(28-27-22)30(2)19-13-17-4-3-5-18(14-19)26-17/h6-12,17-19,26,31H,3-5,13-15H2,1-2H3/t17-,18+,19?. The molecule has 0 amide bonds. The molecule has 31 heavy (non-hydrogen) atoms. The summed E-state index contributed by atoms with van der Waals surface area (Å²) in [5, 5.41) is 23.3. The molecule has 5 rings (SSSR count). The van der Waals surface area contributed by atoms with Gasteiger partial charge in [0, 0.05) is 49.5 Å². The van der Waals surface area contributed by atoms with E-state index in [1.165, 1.54) is 19.3 Å². The lowest BCUT2D eigenvalue weighted by Crippen LogP contribution is -2.54. The molecule has 7 heteroatoms. The molecule has 2 N–H and O–H groups in total. The van der Waals surface area contributed by atoms with E-state index in [1.54, 1.807) is 6.07 Å². The van der Waals surface area contributed by atoms with Crippen LogP contribution in [0.3, 0.4) is 0 Å². The van der Waals surface area contributed by atoms with Crippen molar-refractivity contribution < 1.29 is 5.11 Å². The van der Waals surface area contributed by atoms with Crippen LogP contribution >= 0.6 is 0 Å². The maximum atomic E-state index is 10.6. The fourth-order valence-electron chi connectivity index (χ4n) is 4.98. The van der Waals surface area contributed by atoms with Crippen LogP contribution in [0.4, 0.5) is 5.82 Å². The average Bonchev–Trinajstić information content (AvgIpc) is 2.79. The Hall–Kier alpha value is -2.93.